The molecule has 0 fully saturated rings. The van der Waals surface area contributed by atoms with Crippen LogP contribution in [0.15, 0.2) is 30.3 Å². The lowest BCUT2D eigenvalue weighted by atomic mass is 10.1. The maximum atomic E-state index is 12.1. The van der Waals surface area contributed by atoms with E-state index in [0.717, 1.165) is 24.5 Å². The monoisotopic (exact) mass is 243 g/mol. The van der Waals surface area contributed by atoms with Gasteiger partial charge < -0.3 is 5.73 Å². The fourth-order valence-corrected chi connectivity index (χ4v) is 1.41. The van der Waals surface area contributed by atoms with Gasteiger partial charge in [-0.15, -0.1) is 0 Å². The van der Waals surface area contributed by atoms with E-state index in [1.807, 2.05) is 12.1 Å². The summed E-state index contributed by atoms with van der Waals surface area (Å²) in [5.74, 6) is 0. The van der Waals surface area contributed by atoms with E-state index in [4.69, 9.17) is 5.73 Å². The summed E-state index contributed by atoms with van der Waals surface area (Å²) >= 11 is 0. The molecule has 0 spiro atoms. The van der Waals surface area contributed by atoms with Crippen LogP contribution in [0.3, 0.4) is 0 Å². The van der Waals surface area contributed by atoms with E-state index >= 15 is 0 Å². The molecular weight excluding hydrogens is 227 g/mol. The Kier molecular flexibility index (Phi) is 4.75. The maximum absolute atomic E-state index is 12.1. The summed E-state index contributed by atoms with van der Waals surface area (Å²) in [5.41, 5.74) is 6.88. The number of nitrogens with two attached hydrogens (primary N) is 1. The number of hydrogen-bond acceptors (Lipinski definition) is 1. The first-order chi connectivity index (χ1) is 7.93. The number of halogens is 3. The molecule has 4 heteroatoms. The molecule has 0 heterocycles. The second kappa shape index (κ2) is 5.87. The summed E-state index contributed by atoms with van der Waals surface area (Å²) < 4.78 is 36.4. The van der Waals surface area contributed by atoms with Gasteiger partial charge in [-0.3, -0.25) is 0 Å². The predicted molar refractivity (Wildman–Crippen MR) is 63.5 cm³/mol. The van der Waals surface area contributed by atoms with Gasteiger partial charge >= 0.3 is 6.18 Å². The molecule has 1 aromatic rings. The van der Waals surface area contributed by atoms with Gasteiger partial charge in [0.2, 0.25) is 0 Å². The number of benzene rings is 1. The van der Waals surface area contributed by atoms with Crippen molar-refractivity contribution in [2.24, 2.45) is 5.73 Å². The third-order valence-electron chi connectivity index (χ3n) is 2.39. The molecule has 0 radical (unpaired) electrons. The Labute approximate surface area is 99.1 Å². The lowest BCUT2D eigenvalue weighted by Gasteiger charge is -2.10. The summed E-state index contributed by atoms with van der Waals surface area (Å²) in [6.07, 6.45) is 0.0154. The highest BCUT2D eigenvalue weighted by molar-refractivity contribution is 5.50. The highest BCUT2D eigenvalue weighted by Crippen LogP contribution is 2.20. The van der Waals surface area contributed by atoms with Crippen molar-refractivity contribution in [2.75, 3.05) is 0 Å². The molecule has 17 heavy (non-hydrogen) atoms. The van der Waals surface area contributed by atoms with Crippen LogP contribution in [0.25, 0.3) is 6.08 Å². The largest absolute Gasteiger partial charge is 0.407 e. The smallest absolute Gasteiger partial charge is 0.317 e. The van der Waals surface area contributed by atoms with E-state index in [0.29, 0.717) is 0 Å². The van der Waals surface area contributed by atoms with Crippen LogP contribution in [0.5, 0.6) is 0 Å². The van der Waals surface area contributed by atoms with Crippen LogP contribution in [-0.4, -0.2) is 12.2 Å². The van der Waals surface area contributed by atoms with Crippen molar-refractivity contribution in [1.29, 1.82) is 0 Å². The number of hydrogen-bond donors (Lipinski definition) is 1. The number of alkyl halides is 3. The first-order valence-electron chi connectivity index (χ1n) is 5.53. The summed E-state index contributed by atoms with van der Waals surface area (Å²) in [4.78, 5) is 0. The Morgan fingerprint density at radius 3 is 2.29 bits per heavy atom. The van der Waals surface area contributed by atoms with Gasteiger partial charge in [0, 0.05) is 0 Å². The molecule has 0 bridgehead atoms. The molecule has 1 aromatic carbocycles. The molecule has 0 aliphatic rings. The molecule has 0 saturated heterocycles. The zero-order valence-electron chi connectivity index (χ0n) is 9.67. The Bertz CT molecular complexity index is 365. The van der Waals surface area contributed by atoms with Crippen LogP contribution in [-0.2, 0) is 6.42 Å². The molecule has 0 unspecified atom stereocenters. The lowest BCUT2D eigenvalue weighted by Crippen LogP contribution is -2.35. The summed E-state index contributed by atoms with van der Waals surface area (Å²) in [7, 11) is 0. The number of rotatable bonds is 4. The first kappa shape index (κ1) is 13.8. The zero-order valence-corrected chi connectivity index (χ0v) is 9.67. The van der Waals surface area contributed by atoms with Crippen molar-refractivity contribution in [3.8, 4) is 0 Å². The van der Waals surface area contributed by atoms with Gasteiger partial charge in [-0.05, 0) is 17.5 Å². The van der Waals surface area contributed by atoms with Gasteiger partial charge in [-0.2, -0.15) is 13.2 Å². The Morgan fingerprint density at radius 1 is 1.24 bits per heavy atom. The molecular formula is C13H16F3N. The molecule has 0 aliphatic carbocycles. The molecule has 1 rings (SSSR count). The minimum absolute atomic E-state index is 0.726. The second-order valence-electron chi connectivity index (χ2n) is 3.92. The molecule has 1 atom stereocenters. The van der Waals surface area contributed by atoms with E-state index < -0.39 is 12.2 Å². The first-order valence-corrected chi connectivity index (χ1v) is 5.53. The molecule has 0 aromatic heterocycles. The van der Waals surface area contributed by atoms with Crippen LogP contribution < -0.4 is 5.73 Å². The van der Waals surface area contributed by atoms with Crippen molar-refractivity contribution in [2.45, 2.75) is 32.0 Å². The highest BCUT2D eigenvalue weighted by atomic mass is 19.4. The van der Waals surface area contributed by atoms with E-state index in [9.17, 15) is 13.2 Å². The fraction of sp³-hybridized carbons (Fsp3) is 0.385. The minimum Gasteiger partial charge on any atom is -0.317 e. The Balaban J connectivity index is 2.66. The van der Waals surface area contributed by atoms with Crippen LogP contribution in [0.1, 0.15) is 24.5 Å². The molecule has 0 saturated carbocycles. The minimum atomic E-state index is -4.38. The van der Waals surface area contributed by atoms with Crippen molar-refractivity contribution in [3.63, 3.8) is 0 Å². The quantitative estimate of drug-likeness (QED) is 0.860. The highest BCUT2D eigenvalue weighted by Gasteiger charge is 2.34. The van der Waals surface area contributed by atoms with Gasteiger partial charge in [0.1, 0.15) is 6.04 Å². The molecule has 94 valence electrons. The average Bonchev–Trinajstić information content (AvgIpc) is 2.27. The van der Waals surface area contributed by atoms with Crippen LogP contribution in [0.2, 0.25) is 0 Å². The van der Waals surface area contributed by atoms with Gasteiger partial charge in [0.05, 0.1) is 0 Å². The molecule has 2 N–H and O–H groups in total. The topological polar surface area (TPSA) is 26.0 Å². The van der Waals surface area contributed by atoms with Gasteiger partial charge in [-0.25, -0.2) is 0 Å². The van der Waals surface area contributed by atoms with E-state index in [2.05, 4.69) is 6.92 Å². The predicted octanol–water partition coefficient (Wildman–Crippen LogP) is 3.54. The molecule has 0 amide bonds. The van der Waals surface area contributed by atoms with E-state index in [-0.39, 0.29) is 0 Å². The van der Waals surface area contributed by atoms with Crippen LogP contribution in [0, 0.1) is 0 Å². The lowest BCUT2D eigenvalue weighted by molar-refractivity contribution is -0.136. The summed E-state index contributed by atoms with van der Waals surface area (Å²) in [5, 5.41) is 0. The van der Waals surface area contributed by atoms with Crippen molar-refractivity contribution in [3.05, 3.63) is 41.5 Å². The van der Waals surface area contributed by atoms with E-state index in [1.165, 1.54) is 11.6 Å². The van der Waals surface area contributed by atoms with Crippen molar-refractivity contribution in [1.82, 2.24) is 0 Å². The van der Waals surface area contributed by atoms with Gasteiger partial charge in [0.25, 0.3) is 0 Å². The third-order valence-corrected chi connectivity index (χ3v) is 2.39. The normalized spacial score (nSPS) is 14.2. The molecule has 0 aliphatic heterocycles. The SMILES string of the molecule is CCCc1ccc(C=C[C@H](N)C(F)(F)F)cc1. The summed E-state index contributed by atoms with van der Waals surface area (Å²) in [6.45, 7) is 2.08. The fourth-order valence-electron chi connectivity index (χ4n) is 1.41. The molecule has 1 nitrogen and oxygen atoms in total. The zero-order chi connectivity index (χ0) is 12.9. The third kappa shape index (κ3) is 4.61. The summed E-state index contributed by atoms with van der Waals surface area (Å²) in [6, 6.07) is 5.53. The van der Waals surface area contributed by atoms with E-state index in [1.54, 1.807) is 12.1 Å². The van der Waals surface area contributed by atoms with Gasteiger partial charge in [0.15, 0.2) is 0 Å². The van der Waals surface area contributed by atoms with Gasteiger partial charge in [-0.1, -0.05) is 49.8 Å². The van der Waals surface area contributed by atoms with Crippen LogP contribution >= 0.6 is 0 Å². The Hall–Kier alpha value is -1.29. The maximum Gasteiger partial charge on any atom is 0.407 e. The standard InChI is InChI=1S/C13H16F3N/c1-2-3-10-4-6-11(7-5-10)8-9-12(17)13(14,15)16/h4-9,12H,2-3,17H2,1H3/t12-/m0/s1. The second-order valence-corrected chi connectivity index (χ2v) is 3.92. The number of aryl methyl sites for hydroxylation is 1. The van der Waals surface area contributed by atoms with Crippen molar-refractivity contribution >= 4 is 6.08 Å². The Morgan fingerprint density at radius 2 is 1.82 bits per heavy atom. The average molecular weight is 243 g/mol. The van der Waals surface area contributed by atoms with Crippen molar-refractivity contribution < 1.29 is 13.2 Å². The van der Waals surface area contributed by atoms with Crippen LogP contribution in [0.4, 0.5) is 13.2 Å².